The highest BCUT2D eigenvalue weighted by Gasteiger charge is 2.14. The number of aryl methyl sites for hydroxylation is 1. The zero-order valence-corrected chi connectivity index (χ0v) is 19.3. The molecule has 0 atom stereocenters. The van der Waals surface area contributed by atoms with Crippen molar-refractivity contribution in [2.24, 2.45) is 0 Å². The van der Waals surface area contributed by atoms with Crippen LogP contribution in [0, 0.1) is 0 Å². The third-order valence-corrected chi connectivity index (χ3v) is 6.18. The van der Waals surface area contributed by atoms with Crippen molar-refractivity contribution in [2.75, 3.05) is 14.2 Å². The van der Waals surface area contributed by atoms with Crippen molar-refractivity contribution in [3.63, 3.8) is 0 Å². The monoisotopic (exact) mass is 450 g/mol. The molecule has 0 bridgehead atoms. The number of methoxy groups -OCH3 is 2. The first-order valence-corrected chi connectivity index (χ1v) is 11.3. The standard InChI is InChI=1S/C24H26N4O3S/c1-4-22-26-28-23(29)13-19(25-24(28)32-22)16-27(14-17-8-6-5-7-9-17)15-18-10-11-20(30-2)21(12-18)31-3/h5-13H,4,14-16H2,1-3H3. The predicted molar refractivity (Wildman–Crippen MR) is 125 cm³/mol. The highest BCUT2D eigenvalue weighted by molar-refractivity contribution is 7.16. The van der Waals surface area contributed by atoms with Crippen LogP contribution < -0.4 is 15.0 Å². The summed E-state index contributed by atoms with van der Waals surface area (Å²) in [7, 11) is 3.26. The zero-order chi connectivity index (χ0) is 22.5. The van der Waals surface area contributed by atoms with E-state index in [0.717, 1.165) is 29.2 Å². The second-order valence-electron chi connectivity index (χ2n) is 7.45. The van der Waals surface area contributed by atoms with Gasteiger partial charge >= 0.3 is 0 Å². The number of rotatable bonds is 9. The van der Waals surface area contributed by atoms with Crippen molar-refractivity contribution in [3.8, 4) is 11.5 Å². The third-order valence-electron chi connectivity index (χ3n) is 5.13. The van der Waals surface area contributed by atoms with Crippen molar-refractivity contribution < 1.29 is 9.47 Å². The number of hydrogen-bond donors (Lipinski definition) is 0. The molecule has 0 radical (unpaired) electrons. The normalized spacial score (nSPS) is 11.2. The van der Waals surface area contributed by atoms with Crippen molar-refractivity contribution >= 4 is 16.3 Å². The van der Waals surface area contributed by atoms with Gasteiger partial charge in [-0.05, 0) is 29.7 Å². The molecule has 2 heterocycles. The second-order valence-corrected chi connectivity index (χ2v) is 8.49. The van der Waals surface area contributed by atoms with Crippen LogP contribution in [-0.2, 0) is 26.1 Å². The van der Waals surface area contributed by atoms with Gasteiger partial charge in [0.25, 0.3) is 5.56 Å². The molecule has 0 amide bonds. The quantitative estimate of drug-likeness (QED) is 0.385. The SMILES string of the molecule is CCc1nn2c(=O)cc(CN(Cc3ccccc3)Cc3ccc(OC)c(OC)c3)nc2s1. The lowest BCUT2D eigenvalue weighted by molar-refractivity contribution is 0.244. The Balaban J connectivity index is 1.64. The Hall–Kier alpha value is -3.23. The molecule has 0 N–H and O–H groups in total. The average Bonchev–Trinajstić information content (AvgIpc) is 3.23. The molecule has 0 saturated carbocycles. The highest BCUT2D eigenvalue weighted by Crippen LogP contribution is 2.28. The van der Waals surface area contributed by atoms with Gasteiger partial charge in [-0.25, -0.2) is 4.98 Å². The Morgan fingerprint density at radius 3 is 2.41 bits per heavy atom. The van der Waals surface area contributed by atoms with Crippen molar-refractivity contribution in [1.29, 1.82) is 0 Å². The van der Waals surface area contributed by atoms with Crippen LogP contribution >= 0.6 is 11.3 Å². The van der Waals surface area contributed by atoms with E-state index in [9.17, 15) is 4.79 Å². The summed E-state index contributed by atoms with van der Waals surface area (Å²) in [5.74, 6) is 1.39. The lowest BCUT2D eigenvalue weighted by Crippen LogP contribution is -2.25. The first kappa shape index (κ1) is 22.0. The van der Waals surface area contributed by atoms with Gasteiger partial charge in [0.2, 0.25) is 4.96 Å². The van der Waals surface area contributed by atoms with Gasteiger partial charge in [0.1, 0.15) is 5.01 Å². The molecule has 0 fully saturated rings. The van der Waals surface area contributed by atoms with E-state index in [-0.39, 0.29) is 5.56 Å². The van der Waals surface area contributed by atoms with Crippen LogP contribution in [0.15, 0.2) is 59.4 Å². The topological polar surface area (TPSA) is 69.0 Å². The Bertz CT molecular complexity index is 1250. The van der Waals surface area contributed by atoms with Crippen LogP contribution in [0.1, 0.15) is 28.8 Å². The van der Waals surface area contributed by atoms with Gasteiger partial charge in [-0.3, -0.25) is 9.69 Å². The fourth-order valence-electron chi connectivity index (χ4n) is 3.60. The molecule has 2 aromatic heterocycles. The molecule has 0 unspecified atom stereocenters. The van der Waals surface area contributed by atoms with E-state index in [1.807, 2.05) is 43.3 Å². The number of nitrogens with zero attached hydrogens (tertiary/aromatic N) is 4. The molecule has 7 nitrogen and oxygen atoms in total. The number of fused-ring (bicyclic) bond motifs is 1. The van der Waals surface area contributed by atoms with Crippen molar-refractivity contribution in [1.82, 2.24) is 19.5 Å². The fraction of sp³-hybridized carbons (Fsp3) is 0.292. The van der Waals surface area contributed by atoms with Crippen molar-refractivity contribution in [2.45, 2.75) is 33.0 Å². The molecule has 166 valence electrons. The lowest BCUT2D eigenvalue weighted by atomic mass is 10.1. The predicted octanol–water partition coefficient (Wildman–Crippen LogP) is 3.93. The summed E-state index contributed by atoms with van der Waals surface area (Å²) in [6.45, 7) is 3.95. The highest BCUT2D eigenvalue weighted by atomic mass is 32.1. The van der Waals surface area contributed by atoms with Crippen LogP contribution in [0.2, 0.25) is 0 Å². The molecule has 8 heteroatoms. The third kappa shape index (κ3) is 4.98. The van der Waals surface area contributed by atoms with Gasteiger partial charge in [-0.15, -0.1) is 0 Å². The summed E-state index contributed by atoms with van der Waals surface area (Å²) >= 11 is 1.46. The molecular formula is C24H26N4O3S. The van der Waals surface area contributed by atoms with Crippen molar-refractivity contribution in [3.05, 3.63) is 86.8 Å². The van der Waals surface area contributed by atoms with Crippen LogP contribution in [-0.4, -0.2) is 33.7 Å². The first-order chi connectivity index (χ1) is 15.6. The van der Waals surface area contributed by atoms with Gasteiger partial charge < -0.3 is 9.47 Å². The van der Waals surface area contributed by atoms with Crippen LogP contribution in [0.25, 0.3) is 4.96 Å². The van der Waals surface area contributed by atoms with E-state index < -0.39 is 0 Å². The Labute approximate surface area is 190 Å². The van der Waals surface area contributed by atoms with Gasteiger partial charge in [0.05, 0.1) is 19.9 Å². The minimum atomic E-state index is -0.147. The molecule has 2 aromatic carbocycles. The van der Waals surface area contributed by atoms with Gasteiger partial charge in [0, 0.05) is 25.7 Å². The summed E-state index contributed by atoms with van der Waals surface area (Å²) in [5, 5.41) is 5.24. The van der Waals surface area contributed by atoms with E-state index in [2.05, 4.69) is 22.1 Å². The average molecular weight is 451 g/mol. The maximum Gasteiger partial charge on any atom is 0.275 e. The maximum absolute atomic E-state index is 12.6. The first-order valence-electron chi connectivity index (χ1n) is 10.5. The van der Waals surface area contributed by atoms with Gasteiger partial charge in [0.15, 0.2) is 11.5 Å². The minimum absolute atomic E-state index is 0.147. The molecule has 4 aromatic rings. The molecular weight excluding hydrogens is 424 g/mol. The Morgan fingerprint density at radius 1 is 0.938 bits per heavy atom. The molecule has 4 rings (SSSR count). The minimum Gasteiger partial charge on any atom is -0.493 e. The van der Waals surface area contributed by atoms with Crippen LogP contribution in [0.3, 0.4) is 0 Å². The van der Waals surface area contributed by atoms with E-state index in [1.54, 1.807) is 20.3 Å². The van der Waals surface area contributed by atoms with E-state index in [4.69, 9.17) is 14.5 Å². The number of aromatic nitrogens is 3. The molecule has 0 saturated heterocycles. The molecule has 0 aliphatic carbocycles. The summed E-state index contributed by atoms with van der Waals surface area (Å²) < 4.78 is 12.2. The van der Waals surface area contributed by atoms with E-state index >= 15 is 0 Å². The zero-order valence-electron chi connectivity index (χ0n) is 18.4. The van der Waals surface area contributed by atoms with E-state index in [0.29, 0.717) is 29.5 Å². The van der Waals surface area contributed by atoms with Crippen LogP contribution in [0.4, 0.5) is 0 Å². The van der Waals surface area contributed by atoms with E-state index in [1.165, 1.54) is 21.4 Å². The molecule has 0 aliphatic rings. The lowest BCUT2D eigenvalue weighted by Gasteiger charge is -2.23. The number of hydrogen-bond acceptors (Lipinski definition) is 7. The smallest absolute Gasteiger partial charge is 0.275 e. The summed E-state index contributed by atoms with van der Waals surface area (Å²) in [6.07, 6.45) is 0.780. The summed E-state index contributed by atoms with van der Waals surface area (Å²) in [5.41, 5.74) is 2.86. The Morgan fingerprint density at radius 2 is 1.69 bits per heavy atom. The fourth-order valence-corrected chi connectivity index (χ4v) is 4.45. The summed E-state index contributed by atoms with van der Waals surface area (Å²) in [4.78, 5) is 20.2. The molecule has 0 spiro atoms. The summed E-state index contributed by atoms with van der Waals surface area (Å²) in [6, 6.07) is 17.8. The second kappa shape index (κ2) is 9.93. The number of benzene rings is 2. The van der Waals surface area contributed by atoms with Crippen LogP contribution in [0.5, 0.6) is 11.5 Å². The molecule has 0 aliphatic heterocycles. The molecule has 32 heavy (non-hydrogen) atoms. The van der Waals surface area contributed by atoms with Gasteiger partial charge in [-0.2, -0.15) is 9.61 Å². The maximum atomic E-state index is 12.6. The number of ether oxygens (including phenoxy) is 2. The largest absolute Gasteiger partial charge is 0.493 e. The van der Waals surface area contributed by atoms with Gasteiger partial charge in [-0.1, -0.05) is 54.7 Å². The Kier molecular flexibility index (Phi) is 6.82.